The maximum Gasteiger partial charge on any atom is 0.255 e. The molecule has 1 aromatic carbocycles. The van der Waals surface area contributed by atoms with Crippen LogP contribution in [0.5, 0.6) is 0 Å². The van der Waals surface area contributed by atoms with Gasteiger partial charge < -0.3 is 10.2 Å². The van der Waals surface area contributed by atoms with Crippen LogP contribution in [0.2, 0.25) is 0 Å². The van der Waals surface area contributed by atoms with Gasteiger partial charge in [0.15, 0.2) is 5.65 Å². The molecule has 0 radical (unpaired) electrons. The predicted molar refractivity (Wildman–Crippen MR) is 99.9 cm³/mol. The van der Waals surface area contributed by atoms with E-state index in [1.807, 2.05) is 13.8 Å². The van der Waals surface area contributed by atoms with Crippen LogP contribution in [0.3, 0.4) is 0 Å². The van der Waals surface area contributed by atoms with Gasteiger partial charge in [-0.05, 0) is 44.2 Å². The Bertz CT molecular complexity index is 981. The van der Waals surface area contributed by atoms with E-state index >= 15 is 0 Å². The van der Waals surface area contributed by atoms with Gasteiger partial charge in [0.05, 0.1) is 18.3 Å². The highest BCUT2D eigenvalue weighted by molar-refractivity contribution is 6.00. The highest BCUT2D eigenvalue weighted by Gasteiger charge is 2.17. The molecule has 0 saturated carbocycles. The SMILES string of the molecule is CC(C)n1ncc2cc(C(=O)N(C)CC(=O)Nc3ccc(F)cc3)cnc21. The van der Waals surface area contributed by atoms with Crippen LogP contribution >= 0.6 is 0 Å². The zero-order valence-electron chi connectivity index (χ0n) is 15.3. The fourth-order valence-electron chi connectivity index (χ4n) is 2.68. The summed E-state index contributed by atoms with van der Waals surface area (Å²) in [5.41, 5.74) is 1.55. The van der Waals surface area contributed by atoms with E-state index in [1.165, 1.54) is 42.4 Å². The van der Waals surface area contributed by atoms with Gasteiger partial charge in [-0.3, -0.25) is 9.59 Å². The van der Waals surface area contributed by atoms with E-state index in [2.05, 4.69) is 15.4 Å². The number of nitrogens with zero attached hydrogens (tertiary/aromatic N) is 4. The Hall–Kier alpha value is -3.29. The van der Waals surface area contributed by atoms with Crippen LogP contribution in [-0.2, 0) is 4.79 Å². The summed E-state index contributed by atoms with van der Waals surface area (Å²) in [6, 6.07) is 7.30. The molecule has 7 nitrogen and oxygen atoms in total. The first-order chi connectivity index (χ1) is 12.8. The molecule has 0 unspecified atom stereocenters. The van der Waals surface area contributed by atoms with E-state index in [0.29, 0.717) is 16.9 Å². The van der Waals surface area contributed by atoms with Crippen LogP contribution in [0.15, 0.2) is 42.7 Å². The van der Waals surface area contributed by atoms with Crippen LogP contribution in [0.25, 0.3) is 11.0 Å². The molecule has 2 aromatic heterocycles. The van der Waals surface area contributed by atoms with Crippen LogP contribution in [0.4, 0.5) is 10.1 Å². The van der Waals surface area contributed by atoms with Crippen molar-refractivity contribution in [2.24, 2.45) is 0 Å². The van der Waals surface area contributed by atoms with E-state index in [1.54, 1.807) is 16.9 Å². The second-order valence-corrected chi connectivity index (χ2v) is 6.54. The van der Waals surface area contributed by atoms with Crippen LogP contribution in [-0.4, -0.2) is 45.1 Å². The van der Waals surface area contributed by atoms with Crippen molar-refractivity contribution >= 4 is 28.5 Å². The second kappa shape index (κ2) is 7.53. The maximum atomic E-state index is 12.9. The molecule has 0 aliphatic carbocycles. The summed E-state index contributed by atoms with van der Waals surface area (Å²) < 4.78 is 14.7. The van der Waals surface area contributed by atoms with Gasteiger partial charge in [-0.25, -0.2) is 14.1 Å². The monoisotopic (exact) mass is 369 g/mol. The number of pyridine rings is 1. The first kappa shape index (κ1) is 18.5. The molecule has 2 heterocycles. The minimum absolute atomic E-state index is 0.139. The molecular weight excluding hydrogens is 349 g/mol. The molecule has 0 saturated heterocycles. The smallest absolute Gasteiger partial charge is 0.255 e. The Morgan fingerprint density at radius 3 is 2.59 bits per heavy atom. The van der Waals surface area contributed by atoms with Crippen molar-refractivity contribution < 1.29 is 14.0 Å². The largest absolute Gasteiger partial charge is 0.332 e. The van der Waals surface area contributed by atoms with Gasteiger partial charge in [0.1, 0.15) is 5.82 Å². The molecule has 0 spiro atoms. The lowest BCUT2D eigenvalue weighted by molar-refractivity contribution is -0.116. The minimum atomic E-state index is -0.385. The Labute approximate surface area is 155 Å². The third-order valence-corrected chi connectivity index (χ3v) is 4.02. The van der Waals surface area contributed by atoms with E-state index in [0.717, 1.165) is 5.39 Å². The highest BCUT2D eigenvalue weighted by Crippen LogP contribution is 2.17. The number of nitrogens with one attached hydrogen (secondary N) is 1. The van der Waals surface area contributed by atoms with Crippen LogP contribution in [0.1, 0.15) is 30.2 Å². The molecule has 0 fully saturated rings. The summed E-state index contributed by atoms with van der Waals surface area (Å²) in [7, 11) is 1.54. The molecule has 0 aliphatic rings. The number of aromatic nitrogens is 3. The normalized spacial score (nSPS) is 11.0. The van der Waals surface area contributed by atoms with Gasteiger partial charge in [0, 0.05) is 30.4 Å². The van der Waals surface area contributed by atoms with Crippen molar-refractivity contribution in [1.82, 2.24) is 19.7 Å². The van der Waals surface area contributed by atoms with Crippen molar-refractivity contribution in [1.29, 1.82) is 0 Å². The van der Waals surface area contributed by atoms with Gasteiger partial charge in [-0.2, -0.15) is 5.10 Å². The van der Waals surface area contributed by atoms with Gasteiger partial charge in [-0.15, -0.1) is 0 Å². The number of amides is 2. The number of anilines is 1. The molecule has 8 heteroatoms. The number of hydrogen-bond acceptors (Lipinski definition) is 4. The third-order valence-electron chi connectivity index (χ3n) is 4.02. The Balaban J connectivity index is 1.68. The first-order valence-corrected chi connectivity index (χ1v) is 8.49. The number of carbonyl (C=O) groups excluding carboxylic acids is 2. The Kier molecular flexibility index (Phi) is 5.16. The van der Waals surface area contributed by atoms with E-state index < -0.39 is 0 Å². The summed E-state index contributed by atoms with van der Waals surface area (Å²) in [6.07, 6.45) is 3.15. The van der Waals surface area contributed by atoms with Gasteiger partial charge in [0.2, 0.25) is 5.91 Å². The quantitative estimate of drug-likeness (QED) is 0.750. The maximum absolute atomic E-state index is 12.9. The summed E-state index contributed by atoms with van der Waals surface area (Å²) in [5.74, 6) is -1.08. The lowest BCUT2D eigenvalue weighted by Crippen LogP contribution is -2.35. The minimum Gasteiger partial charge on any atom is -0.332 e. The van der Waals surface area contributed by atoms with E-state index in [4.69, 9.17) is 0 Å². The number of hydrogen-bond donors (Lipinski definition) is 1. The lowest BCUT2D eigenvalue weighted by Gasteiger charge is -2.17. The lowest BCUT2D eigenvalue weighted by atomic mass is 10.2. The molecule has 1 N–H and O–H groups in total. The fourth-order valence-corrected chi connectivity index (χ4v) is 2.68. The van der Waals surface area contributed by atoms with Crippen molar-refractivity contribution in [2.45, 2.75) is 19.9 Å². The predicted octanol–water partition coefficient (Wildman–Crippen LogP) is 2.86. The average Bonchev–Trinajstić information content (AvgIpc) is 3.06. The average molecular weight is 369 g/mol. The van der Waals surface area contributed by atoms with Crippen LogP contribution < -0.4 is 5.32 Å². The molecule has 3 aromatic rings. The van der Waals surface area contributed by atoms with Crippen molar-refractivity contribution in [3.05, 3.63) is 54.1 Å². The van der Waals surface area contributed by atoms with Crippen molar-refractivity contribution in [3.8, 4) is 0 Å². The zero-order valence-corrected chi connectivity index (χ0v) is 15.3. The summed E-state index contributed by atoms with van der Waals surface area (Å²) in [6.45, 7) is 3.86. The summed E-state index contributed by atoms with van der Waals surface area (Å²) in [4.78, 5) is 30.3. The third kappa shape index (κ3) is 4.11. The highest BCUT2D eigenvalue weighted by atomic mass is 19.1. The van der Waals surface area contributed by atoms with Gasteiger partial charge in [0.25, 0.3) is 5.91 Å². The molecule has 0 bridgehead atoms. The molecular formula is C19H20FN5O2. The molecule has 0 aliphatic heterocycles. The number of halogens is 1. The molecule has 3 rings (SSSR count). The van der Waals surface area contributed by atoms with Gasteiger partial charge in [-0.1, -0.05) is 0 Å². The number of fused-ring (bicyclic) bond motifs is 1. The molecule has 2 amide bonds. The van der Waals surface area contributed by atoms with Crippen molar-refractivity contribution in [2.75, 3.05) is 18.9 Å². The molecule has 0 atom stereocenters. The first-order valence-electron chi connectivity index (χ1n) is 8.49. The molecule has 27 heavy (non-hydrogen) atoms. The Morgan fingerprint density at radius 1 is 1.22 bits per heavy atom. The molecule has 140 valence electrons. The number of carbonyl (C=O) groups is 2. The number of benzene rings is 1. The number of rotatable bonds is 5. The van der Waals surface area contributed by atoms with E-state index in [9.17, 15) is 14.0 Å². The fraction of sp³-hybridized carbons (Fsp3) is 0.263. The Morgan fingerprint density at radius 2 is 1.93 bits per heavy atom. The summed E-state index contributed by atoms with van der Waals surface area (Å²) in [5, 5.41) is 7.67. The second-order valence-electron chi connectivity index (χ2n) is 6.54. The van der Waals surface area contributed by atoms with E-state index in [-0.39, 0.29) is 30.2 Å². The number of likely N-dealkylation sites (N-methyl/N-ethyl adjacent to an activating group) is 1. The standard InChI is InChI=1S/C19H20FN5O2/c1-12(2)25-18-13(10-22-25)8-14(9-21-18)19(27)24(3)11-17(26)23-16-6-4-15(20)5-7-16/h4-10,12H,11H2,1-3H3,(H,23,26). The summed E-state index contributed by atoms with van der Waals surface area (Å²) >= 11 is 0. The van der Waals surface area contributed by atoms with Crippen molar-refractivity contribution in [3.63, 3.8) is 0 Å². The topological polar surface area (TPSA) is 80.1 Å². The zero-order chi connectivity index (χ0) is 19.6. The van der Waals surface area contributed by atoms with Gasteiger partial charge >= 0.3 is 0 Å². The van der Waals surface area contributed by atoms with Crippen LogP contribution in [0, 0.1) is 5.82 Å².